The lowest BCUT2D eigenvalue weighted by atomic mass is 10.2. The SMILES string of the molecule is CNc1ccc(Nc2nc(-c3cccnc3)nc3ccccc23)cn1. The third kappa shape index (κ3) is 3.10. The van der Waals surface area contributed by atoms with Crippen LogP contribution in [0.3, 0.4) is 0 Å². The van der Waals surface area contributed by atoms with Gasteiger partial charge in [0.15, 0.2) is 5.82 Å². The Labute approximate surface area is 145 Å². The molecule has 0 fully saturated rings. The van der Waals surface area contributed by atoms with Crippen molar-refractivity contribution in [3.8, 4) is 11.4 Å². The number of rotatable bonds is 4. The van der Waals surface area contributed by atoms with Crippen LogP contribution >= 0.6 is 0 Å². The molecule has 0 spiro atoms. The molecule has 4 rings (SSSR count). The highest BCUT2D eigenvalue weighted by Gasteiger charge is 2.10. The number of nitrogens with one attached hydrogen (secondary N) is 2. The number of pyridine rings is 2. The van der Waals surface area contributed by atoms with Crippen molar-refractivity contribution in [2.75, 3.05) is 17.7 Å². The molecule has 0 amide bonds. The monoisotopic (exact) mass is 328 g/mol. The minimum atomic E-state index is 0.633. The van der Waals surface area contributed by atoms with Crippen molar-refractivity contribution < 1.29 is 0 Å². The second-order valence-corrected chi connectivity index (χ2v) is 5.46. The summed E-state index contributed by atoms with van der Waals surface area (Å²) in [6, 6.07) is 15.6. The van der Waals surface area contributed by atoms with E-state index in [-0.39, 0.29) is 0 Å². The lowest BCUT2D eigenvalue weighted by molar-refractivity contribution is 1.20. The topological polar surface area (TPSA) is 75.6 Å². The fourth-order valence-electron chi connectivity index (χ4n) is 2.55. The molecule has 122 valence electrons. The minimum absolute atomic E-state index is 0.633. The molecule has 25 heavy (non-hydrogen) atoms. The van der Waals surface area contributed by atoms with Crippen molar-refractivity contribution in [2.24, 2.45) is 0 Å². The van der Waals surface area contributed by atoms with E-state index in [1.54, 1.807) is 18.6 Å². The molecular weight excluding hydrogens is 312 g/mol. The van der Waals surface area contributed by atoms with Crippen LogP contribution in [0.2, 0.25) is 0 Å². The van der Waals surface area contributed by atoms with Crippen LogP contribution in [0.4, 0.5) is 17.3 Å². The number of para-hydroxylation sites is 1. The van der Waals surface area contributed by atoms with Crippen LogP contribution in [0.1, 0.15) is 0 Å². The van der Waals surface area contributed by atoms with Gasteiger partial charge in [-0.3, -0.25) is 4.98 Å². The van der Waals surface area contributed by atoms with Gasteiger partial charge in [0.25, 0.3) is 0 Å². The molecule has 0 aliphatic carbocycles. The number of hydrogen-bond acceptors (Lipinski definition) is 6. The summed E-state index contributed by atoms with van der Waals surface area (Å²) in [5, 5.41) is 7.31. The second-order valence-electron chi connectivity index (χ2n) is 5.46. The van der Waals surface area contributed by atoms with Gasteiger partial charge in [-0.15, -0.1) is 0 Å². The summed E-state index contributed by atoms with van der Waals surface area (Å²) in [6.45, 7) is 0. The van der Waals surface area contributed by atoms with E-state index in [9.17, 15) is 0 Å². The third-order valence-electron chi connectivity index (χ3n) is 3.81. The summed E-state index contributed by atoms with van der Waals surface area (Å²) in [4.78, 5) is 17.8. The van der Waals surface area contributed by atoms with Crippen molar-refractivity contribution in [1.82, 2.24) is 19.9 Å². The molecule has 0 saturated heterocycles. The smallest absolute Gasteiger partial charge is 0.163 e. The Morgan fingerprint density at radius 2 is 1.80 bits per heavy atom. The molecule has 0 aliphatic heterocycles. The molecule has 0 unspecified atom stereocenters. The molecule has 0 radical (unpaired) electrons. The maximum atomic E-state index is 4.70. The number of nitrogens with zero attached hydrogens (tertiary/aromatic N) is 4. The second kappa shape index (κ2) is 6.52. The molecule has 4 aromatic rings. The molecular formula is C19H16N6. The first-order valence-corrected chi connectivity index (χ1v) is 7.91. The molecule has 0 saturated carbocycles. The lowest BCUT2D eigenvalue weighted by Gasteiger charge is -2.11. The van der Waals surface area contributed by atoms with Crippen LogP contribution < -0.4 is 10.6 Å². The van der Waals surface area contributed by atoms with Crippen LogP contribution in [0.15, 0.2) is 67.1 Å². The first-order chi connectivity index (χ1) is 12.3. The van der Waals surface area contributed by atoms with Gasteiger partial charge in [0.1, 0.15) is 11.6 Å². The Bertz CT molecular complexity index is 999. The average Bonchev–Trinajstić information content (AvgIpc) is 2.69. The van der Waals surface area contributed by atoms with Crippen molar-refractivity contribution in [1.29, 1.82) is 0 Å². The van der Waals surface area contributed by atoms with Gasteiger partial charge in [0.05, 0.1) is 17.4 Å². The van der Waals surface area contributed by atoms with E-state index in [2.05, 4.69) is 25.6 Å². The normalized spacial score (nSPS) is 10.6. The quantitative estimate of drug-likeness (QED) is 0.592. The maximum Gasteiger partial charge on any atom is 0.163 e. The Morgan fingerprint density at radius 1 is 0.880 bits per heavy atom. The van der Waals surface area contributed by atoms with Crippen LogP contribution in [0, 0.1) is 0 Å². The first kappa shape index (κ1) is 15.0. The Balaban J connectivity index is 1.80. The highest BCUT2D eigenvalue weighted by atomic mass is 15.0. The predicted molar refractivity (Wildman–Crippen MR) is 99.8 cm³/mol. The van der Waals surface area contributed by atoms with Gasteiger partial charge in [-0.2, -0.15) is 0 Å². The number of fused-ring (bicyclic) bond motifs is 1. The van der Waals surface area contributed by atoms with Crippen molar-refractivity contribution >= 4 is 28.2 Å². The van der Waals surface area contributed by atoms with Gasteiger partial charge >= 0.3 is 0 Å². The van der Waals surface area contributed by atoms with Gasteiger partial charge in [-0.1, -0.05) is 12.1 Å². The van der Waals surface area contributed by atoms with Crippen molar-refractivity contribution in [2.45, 2.75) is 0 Å². The highest BCUT2D eigenvalue weighted by molar-refractivity contribution is 5.92. The fourth-order valence-corrected chi connectivity index (χ4v) is 2.55. The maximum absolute atomic E-state index is 4.70. The lowest BCUT2D eigenvalue weighted by Crippen LogP contribution is -2.00. The van der Waals surface area contributed by atoms with Gasteiger partial charge in [0, 0.05) is 30.4 Å². The van der Waals surface area contributed by atoms with Crippen molar-refractivity contribution in [3.05, 3.63) is 67.1 Å². The van der Waals surface area contributed by atoms with Gasteiger partial charge in [0.2, 0.25) is 0 Å². The number of anilines is 3. The van der Waals surface area contributed by atoms with Gasteiger partial charge in [-0.25, -0.2) is 15.0 Å². The molecule has 0 aliphatic rings. The van der Waals surface area contributed by atoms with E-state index in [1.165, 1.54) is 0 Å². The van der Waals surface area contributed by atoms with Crippen LogP contribution in [-0.2, 0) is 0 Å². The summed E-state index contributed by atoms with van der Waals surface area (Å²) in [6.07, 6.45) is 5.27. The zero-order valence-corrected chi connectivity index (χ0v) is 13.6. The fraction of sp³-hybridized carbons (Fsp3) is 0.0526. The third-order valence-corrected chi connectivity index (χ3v) is 3.81. The van der Waals surface area contributed by atoms with Crippen LogP contribution in [0.25, 0.3) is 22.3 Å². The summed E-state index contributed by atoms with van der Waals surface area (Å²) in [7, 11) is 1.84. The zero-order chi connectivity index (χ0) is 17.1. The van der Waals surface area contributed by atoms with Crippen LogP contribution in [0.5, 0.6) is 0 Å². The molecule has 2 N–H and O–H groups in total. The molecule has 6 heteroatoms. The Morgan fingerprint density at radius 3 is 2.56 bits per heavy atom. The summed E-state index contributed by atoms with van der Waals surface area (Å²) in [5.41, 5.74) is 2.61. The number of benzene rings is 1. The molecule has 3 heterocycles. The number of hydrogen-bond donors (Lipinski definition) is 2. The minimum Gasteiger partial charge on any atom is -0.373 e. The zero-order valence-electron chi connectivity index (χ0n) is 13.6. The van der Waals surface area contributed by atoms with Gasteiger partial charge in [-0.05, 0) is 36.4 Å². The Kier molecular flexibility index (Phi) is 3.92. The van der Waals surface area contributed by atoms with E-state index in [1.807, 2.05) is 55.6 Å². The van der Waals surface area contributed by atoms with E-state index in [4.69, 9.17) is 4.98 Å². The highest BCUT2D eigenvalue weighted by Crippen LogP contribution is 2.27. The molecule has 0 atom stereocenters. The van der Waals surface area contributed by atoms with E-state index in [0.29, 0.717) is 5.82 Å². The molecule has 3 aromatic heterocycles. The molecule has 1 aromatic carbocycles. The first-order valence-electron chi connectivity index (χ1n) is 7.91. The van der Waals surface area contributed by atoms with Gasteiger partial charge < -0.3 is 10.6 Å². The van der Waals surface area contributed by atoms with E-state index in [0.717, 1.165) is 33.8 Å². The largest absolute Gasteiger partial charge is 0.373 e. The molecule has 0 bridgehead atoms. The van der Waals surface area contributed by atoms with Crippen molar-refractivity contribution in [3.63, 3.8) is 0 Å². The summed E-state index contributed by atoms with van der Waals surface area (Å²) in [5.74, 6) is 2.19. The summed E-state index contributed by atoms with van der Waals surface area (Å²) < 4.78 is 0. The number of aromatic nitrogens is 4. The predicted octanol–water partition coefficient (Wildman–Crippen LogP) is 3.87. The molecule has 6 nitrogen and oxygen atoms in total. The van der Waals surface area contributed by atoms with Crippen LogP contribution in [-0.4, -0.2) is 27.0 Å². The summed E-state index contributed by atoms with van der Waals surface area (Å²) >= 11 is 0. The average molecular weight is 328 g/mol. The van der Waals surface area contributed by atoms with E-state index >= 15 is 0 Å². The van der Waals surface area contributed by atoms with E-state index < -0.39 is 0 Å². The standard InChI is InChI=1S/C19H16N6/c1-20-17-9-8-14(12-22-17)23-19-15-6-2-3-7-16(15)24-18(25-19)13-5-4-10-21-11-13/h2-12H,1H3,(H,20,22)(H,23,24,25). The Hall–Kier alpha value is -3.54.